The van der Waals surface area contributed by atoms with Gasteiger partial charge in [0.1, 0.15) is 0 Å². The Bertz CT molecular complexity index is 1380. The van der Waals surface area contributed by atoms with Crippen molar-refractivity contribution in [1.29, 1.82) is 0 Å². The molecule has 3 aromatic heterocycles. The molecular formula is C26H26N4. The summed E-state index contributed by atoms with van der Waals surface area (Å²) in [6.07, 6.45) is 8.78. The van der Waals surface area contributed by atoms with Crippen molar-refractivity contribution in [2.75, 3.05) is 6.54 Å². The molecule has 1 unspecified atom stereocenters. The maximum Gasteiger partial charge on any atom is 0.0489 e. The Hall–Kier alpha value is -3.24. The molecule has 4 heterocycles. The van der Waals surface area contributed by atoms with E-state index in [1.807, 2.05) is 0 Å². The average molecular weight is 395 g/mol. The second-order valence-electron chi connectivity index (χ2n) is 8.54. The van der Waals surface area contributed by atoms with Crippen molar-refractivity contribution in [1.82, 2.24) is 14.1 Å². The van der Waals surface area contributed by atoms with Crippen LogP contribution in [0.5, 0.6) is 0 Å². The van der Waals surface area contributed by atoms with Gasteiger partial charge in [-0.2, -0.15) is 0 Å². The summed E-state index contributed by atoms with van der Waals surface area (Å²) in [5, 5.41) is 2.63. The molecule has 1 aliphatic rings. The molecule has 6 rings (SSSR count). The average Bonchev–Trinajstić information content (AvgIpc) is 3.47. The van der Waals surface area contributed by atoms with Gasteiger partial charge >= 0.3 is 0 Å². The van der Waals surface area contributed by atoms with Gasteiger partial charge in [0.15, 0.2) is 0 Å². The second kappa shape index (κ2) is 6.64. The second-order valence-corrected chi connectivity index (χ2v) is 8.54. The number of hydrogen-bond donors (Lipinski definition) is 2. The Balaban J connectivity index is 1.63. The summed E-state index contributed by atoms with van der Waals surface area (Å²) in [4.78, 5) is 3.41. The van der Waals surface area contributed by atoms with Crippen LogP contribution in [0.2, 0.25) is 0 Å². The van der Waals surface area contributed by atoms with E-state index in [1.165, 1.54) is 49.8 Å². The van der Waals surface area contributed by atoms with Crippen LogP contribution in [0.1, 0.15) is 12.1 Å². The van der Waals surface area contributed by atoms with E-state index in [2.05, 4.69) is 88.3 Å². The number of hydrogen-bond acceptors (Lipinski definition) is 1. The largest absolute Gasteiger partial charge is 0.366 e. The SMILES string of the molecule is Cn1cc(-c2c[nH]cc2-c2c3n(c4ccccc24)CCC(CN)C3)c2ccccc21. The number of nitrogens with zero attached hydrogens (tertiary/aromatic N) is 2. The van der Waals surface area contributed by atoms with E-state index in [0.717, 1.165) is 25.9 Å². The van der Waals surface area contributed by atoms with Crippen LogP contribution in [0.25, 0.3) is 44.1 Å². The van der Waals surface area contributed by atoms with Gasteiger partial charge in [-0.3, -0.25) is 0 Å². The molecule has 4 heteroatoms. The van der Waals surface area contributed by atoms with Gasteiger partial charge in [0.2, 0.25) is 0 Å². The zero-order valence-electron chi connectivity index (χ0n) is 17.2. The van der Waals surface area contributed by atoms with Crippen LogP contribution in [0.15, 0.2) is 67.1 Å². The Morgan fingerprint density at radius 2 is 1.67 bits per heavy atom. The maximum atomic E-state index is 6.09. The lowest BCUT2D eigenvalue weighted by atomic mass is 9.90. The molecule has 30 heavy (non-hydrogen) atoms. The molecule has 0 saturated carbocycles. The van der Waals surface area contributed by atoms with Gasteiger partial charge in [-0.15, -0.1) is 0 Å². The number of H-pyrrole nitrogens is 1. The molecule has 0 spiro atoms. The van der Waals surface area contributed by atoms with Gasteiger partial charge in [-0.25, -0.2) is 0 Å². The van der Waals surface area contributed by atoms with Crippen LogP contribution in [-0.4, -0.2) is 20.7 Å². The highest BCUT2D eigenvalue weighted by atomic mass is 15.0. The molecule has 3 N–H and O–H groups in total. The zero-order chi connectivity index (χ0) is 20.2. The molecule has 0 bridgehead atoms. The molecule has 5 aromatic rings. The van der Waals surface area contributed by atoms with Crippen molar-refractivity contribution in [3.05, 3.63) is 72.8 Å². The predicted octanol–water partition coefficient (Wildman–Crippen LogP) is 5.32. The van der Waals surface area contributed by atoms with Gasteiger partial charge in [-0.1, -0.05) is 36.4 Å². The molecular weight excluding hydrogens is 368 g/mol. The number of nitrogens with one attached hydrogen (secondary N) is 1. The smallest absolute Gasteiger partial charge is 0.0489 e. The van der Waals surface area contributed by atoms with Crippen LogP contribution in [0.4, 0.5) is 0 Å². The number of fused-ring (bicyclic) bond motifs is 4. The summed E-state index contributed by atoms with van der Waals surface area (Å²) >= 11 is 0. The summed E-state index contributed by atoms with van der Waals surface area (Å²) in [7, 11) is 2.12. The number of aromatic amines is 1. The van der Waals surface area contributed by atoms with Crippen LogP contribution < -0.4 is 5.73 Å². The van der Waals surface area contributed by atoms with Gasteiger partial charge in [0.25, 0.3) is 0 Å². The van der Waals surface area contributed by atoms with Crippen LogP contribution in [0.3, 0.4) is 0 Å². The predicted molar refractivity (Wildman–Crippen MR) is 125 cm³/mol. The zero-order valence-corrected chi connectivity index (χ0v) is 17.2. The first-order valence-electron chi connectivity index (χ1n) is 10.8. The van der Waals surface area contributed by atoms with Gasteiger partial charge in [0, 0.05) is 81.9 Å². The third kappa shape index (κ3) is 2.44. The Kier molecular flexibility index (Phi) is 3.90. The molecule has 4 nitrogen and oxygen atoms in total. The number of aryl methyl sites for hydroxylation is 2. The van der Waals surface area contributed by atoms with E-state index in [-0.39, 0.29) is 0 Å². The summed E-state index contributed by atoms with van der Waals surface area (Å²) < 4.78 is 4.75. The standard InChI is InChI=1S/C26H26N4/c1-29-16-22(18-6-2-4-8-23(18)29)20-14-28-15-21(20)26-19-7-3-5-9-24(19)30-11-10-17(13-27)12-25(26)30/h2-9,14-17,28H,10-13,27H2,1H3. The first-order chi connectivity index (χ1) is 14.8. The molecule has 0 fully saturated rings. The first kappa shape index (κ1) is 17.6. The van der Waals surface area contributed by atoms with Gasteiger partial charge in [-0.05, 0) is 37.4 Å². The van der Waals surface area contributed by atoms with Crippen molar-refractivity contribution in [2.24, 2.45) is 18.7 Å². The van der Waals surface area contributed by atoms with Crippen LogP contribution >= 0.6 is 0 Å². The van der Waals surface area contributed by atoms with Crippen LogP contribution in [-0.2, 0) is 20.0 Å². The summed E-state index contributed by atoms with van der Waals surface area (Å²) in [6.45, 7) is 1.80. The van der Waals surface area contributed by atoms with Gasteiger partial charge < -0.3 is 19.9 Å². The summed E-state index contributed by atoms with van der Waals surface area (Å²) in [5.74, 6) is 0.556. The lowest BCUT2D eigenvalue weighted by molar-refractivity contribution is 0.403. The molecule has 2 aromatic carbocycles. The van der Waals surface area contributed by atoms with E-state index in [4.69, 9.17) is 5.73 Å². The van der Waals surface area contributed by atoms with Gasteiger partial charge in [0.05, 0.1) is 0 Å². The van der Waals surface area contributed by atoms with Crippen molar-refractivity contribution >= 4 is 21.8 Å². The summed E-state index contributed by atoms with van der Waals surface area (Å²) in [5.41, 5.74) is 15.3. The normalized spacial score (nSPS) is 16.4. The minimum atomic E-state index is 0.556. The molecule has 0 saturated heterocycles. The van der Waals surface area contributed by atoms with Crippen molar-refractivity contribution < 1.29 is 0 Å². The first-order valence-corrected chi connectivity index (χ1v) is 10.8. The Morgan fingerprint density at radius 1 is 0.933 bits per heavy atom. The highest BCUT2D eigenvalue weighted by Crippen LogP contribution is 2.44. The maximum absolute atomic E-state index is 6.09. The fraction of sp³-hybridized carbons (Fsp3) is 0.231. The number of aromatic nitrogens is 3. The fourth-order valence-corrected chi connectivity index (χ4v) is 5.36. The molecule has 0 radical (unpaired) electrons. The number of nitrogens with two attached hydrogens (primary N) is 1. The number of para-hydroxylation sites is 2. The van der Waals surface area contributed by atoms with Crippen molar-refractivity contribution in [3.63, 3.8) is 0 Å². The molecule has 0 amide bonds. The summed E-state index contributed by atoms with van der Waals surface area (Å²) in [6, 6.07) is 17.5. The fourth-order valence-electron chi connectivity index (χ4n) is 5.36. The Labute approximate surface area is 175 Å². The minimum Gasteiger partial charge on any atom is -0.366 e. The number of benzene rings is 2. The van der Waals surface area contributed by atoms with E-state index in [0.29, 0.717) is 5.92 Å². The number of rotatable bonds is 3. The molecule has 1 aliphatic heterocycles. The molecule has 150 valence electrons. The van der Waals surface area contributed by atoms with Crippen molar-refractivity contribution in [3.8, 4) is 22.3 Å². The third-order valence-corrected chi connectivity index (χ3v) is 6.86. The lowest BCUT2D eigenvalue weighted by Gasteiger charge is -2.24. The van der Waals surface area contributed by atoms with E-state index in [1.54, 1.807) is 0 Å². The highest BCUT2D eigenvalue weighted by molar-refractivity contribution is 6.06. The van der Waals surface area contributed by atoms with E-state index >= 15 is 0 Å². The third-order valence-electron chi connectivity index (χ3n) is 6.86. The van der Waals surface area contributed by atoms with E-state index in [9.17, 15) is 0 Å². The topological polar surface area (TPSA) is 51.7 Å². The Morgan fingerprint density at radius 3 is 2.50 bits per heavy atom. The molecule has 1 atom stereocenters. The van der Waals surface area contributed by atoms with E-state index < -0.39 is 0 Å². The lowest BCUT2D eigenvalue weighted by Crippen LogP contribution is -2.25. The molecule has 0 aliphatic carbocycles. The minimum absolute atomic E-state index is 0.556. The highest BCUT2D eigenvalue weighted by Gasteiger charge is 2.27. The quantitative estimate of drug-likeness (QED) is 0.428. The van der Waals surface area contributed by atoms with Crippen molar-refractivity contribution in [2.45, 2.75) is 19.4 Å². The monoisotopic (exact) mass is 394 g/mol. The van der Waals surface area contributed by atoms with Crippen LogP contribution in [0, 0.1) is 5.92 Å².